The highest BCUT2D eigenvalue weighted by molar-refractivity contribution is 6.16. The second-order valence-corrected chi connectivity index (χ2v) is 13.2. The number of allylic oxidation sites excluding steroid dienone is 8. The van der Waals surface area contributed by atoms with E-state index in [9.17, 15) is 39.0 Å². The molecule has 16 nitrogen and oxygen atoms in total. The topological polar surface area (TPSA) is 222 Å². The van der Waals surface area contributed by atoms with Crippen LogP contribution in [0, 0.1) is 0 Å². The molecule has 2 saturated heterocycles. The van der Waals surface area contributed by atoms with Crippen molar-refractivity contribution >= 4 is 35.8 Å². The van der Waals surface area contributed by atoms with Gasteiger partial charge in [0, 0.05) is 25.7 Å². The molecule has 0 bridgehead atoms. The Balaban J connectivity index is 1.13. The van der Waals surface area contributed by atoms with Gasteiger partial charge in [0.05, 0.1) is 23.0 Å². The zero-order chi connectivity index (χ0) is 39.3. The maximum Gasteiger partial charge on any atom is 0.348 e. The van der Waals surface area contributed by atoms with Gasteiger partial charge in [-0.25, -0.2) is 28.8 Å². The average Bonchev–Trinajstić information content (AvgIpc) is 3.06. The van der Waals surface area contributed by atoms with Gasteiger partial charge in [0.15, 0.2) is 11.6 Å². The number of rotatable bonds is 10. The van der Waals surface area contributed by atoms with Gasteiger partial charge < -0.3 is 48.1 Å². The van der Waals surface area contributed by atoms with Crippen LogP contribution in [-0.2, 0) is 66.7 Å². The predicted molar refractivity (Wildman–Crippen MR) is 176 cm³/mol. The first kappa shape index (κ1) is 39.2. The average molecular weight is 751 g/mol. The summed E-state index contributed by atoms with van der Waals surface area (Å²) in [5.41, 5.74) is -1.51. The zero-order valence-corrected chi connectivity index (χ0v) is 30.0. The van der Waals surface area contributed by atoms with Crippen molar-refractivity contribution < 1.29 is 76.9 Å². The third kappa shape index (κ3) is 8.59. The highest BCUT2D eigenvalue weighted by Crippen LogP contribution is 2.45. The number of esters is 6. The van der Waals surface area contributed by atoms with Crippen molar-refractivity contribution in [2.24, 2.45) is 0 Å². The molecule has 1 saturated carbocycles. The molecule has 3 fully saturated rings. The molecule has 5 aliphatic rings. The molecule has 288 valence electrons. The zero-order valence-electron chi connectivity index (χ0n) is 30.0. The molecule has 0 aromatic rings. The predicted octanol–water partition coefficient (Wildman–Crippen LogP) is 2.55. The number of carbonyl (C=O) groups excluding carboxylic acids is 6. The summed E-state index contributed by atoms with van der Waals surface area (Å²) in [4.78, 5) is 75.8. The van der Waals surface area contributed by atoms with Gasteiger partial charge in [0.1, 0.15) is 11.1 Å². The Morgan fingerprint density at radius 2 is 0.815 bits per heavy atom. The molecule has 2 unspecified atom stereocenters. The van der Waals surface area contributed by atoms with E-state index in [1.54, 1.807) is 0 Å². The van der Waals surface area contributed by atoms with Gasteiger partial charge in [-0.2, -0.15) is 0 Å². The highest BCUT2D eigenvalue weighted by atomic mass is 16.8. The molecule has 16 heteroatoms. The van der Waals surface area contributed by atoms with Gasteiger partial charge in [0.25, 0.3) is 11.6 Å². The van der Waals surface area contributed by atoms with Crippen molar-refractivity contribution in [2.75, 3.05) is 0 Å². The van der Waals surface area contributed by atoms with Gasteiger partial charge in [-0.15, -0.1) is 0 Å². The van der Waals surface area contributed by atoms with Crippen LogP contribution in [0.1, 0.15) is 79.1 Å². The van der Waals surface area contributed by atoms with E-state index in [0.29, 0.717) is 25.7 Å². The van der Waals surface area contributed by atoms with Crippen LogP contribution in [-0.4, -0.2) is 59.0 Å². The Bertz CT molecular complexity index is 1680. The molecular weight excluding hydrogens is 712 g/mol. The number of hydrogen-bond donors (Lipinski definition) is 0. The minimum absolute atomic E-state index is 0.149. The summed E-state index contributed by atoms with van der Waals surface area (Å²) >= 11 is 0. The van der Waals surface area contributed by atoms with Crippen molar-refractivity contribution in [3.05, 3.63) is 94.9 Å². The van der Waals surface area contributed by atoms with Crippen LogP contribution in [0.4, 0.5) is 0 Å². The maximum absolute atomic E-state index is 12.8. The van der Waals surface area contributed by atoms with E-state index < -0.39 is 82.0 Å². The first-order valence-corrected chi connectivity index (χ1v) is 17.3. The summed E-state index contributed by atoms with van der Waals surface area (Å²) < 4.78 is 42.9. The van der Waals surface area contributed by atoms with Gasteiger partial charge in [-0.3, -0.25) is 0 Å². The first-order chi connectivity index (χ1) is 25.5. The summed E-state index contributed by atoms with van der Waals surface area (Å²) in [7, 11) is 0. The fraction of sp³-hybridized carbons (Fsp3) is 0.421. The Morgan fingerprint density at radius 3 is 1.11 bits per heavy atom. The molecule has 0 radical (unpaired) electrons. The smallest absolute Gasteiger partial charge is 0.348 e. The van der Waals surface area contributed by atoms with Crippen molar-refractivity contribution in [1.82, 2.24) is 0 Å². The van der Waals surface area contributed by atoms with Crippen LogP contribution in [0.3, 0.4) is 0 Å². The lowest BCUT2D eigenvalue weighted by Crippen LogP contribution is -2.56. The van der Waals surface area contributed by atoms with E-state index in [2.05, 4.69) is 0 Å². The van der Waals surface area contributed by atoms with E-state index in [4.69, 9.17) is 37.9 Å². The third-order valence-electron chi connectivity index (χ3n) is 8.79. The van der Waals surface area contributed by atoms with E-state index in [0.717, 1.165) is 12.2 Å². The molecule has 0 aromatic heterocycles. The Kier molecular flexibility index (Phi) is 11.2. The standard InChI is InChI=1S/C38H40O16/c1-5-17-35(3)47-27(39)23(28(40)48-35)13-9-7-11-15-25-31(43)51-37(52-32(25)44)19-21-38(22-20-37)53-33(45)26(34(46)54-38)16-12-8-10-14-24-29(41)49-36(4,18-6-2)50-30(24)42/h7-16,39,41H,5-6,17-22H2,1-4H3/p-2/b11-7+,12-8?,13-9+,14-10?,25-15?,26-16?. The molecule has 2 atom stereocenters. The van der Waals surface area contributed by atoms with E-state index in [-0.39, 0.29) is 36.8 Å². The Hall–Kier alpha value is -6.06. The van der Waals surface area contributed by atoms with Crippen LogP contribution >= 0.6 is 0 Å². The maximum atomic E-state index is 12.8. The lowest BCUT2D eigenvalue weighted by atomic mass is 9.87. The minimum atomic E-state index is -1.68. The summed E-state index contributed by atoms with van der Waals surface area (Å²) in [6, 6.07) is 0. The monoisotopic (exact) mass is 750 g/mol. The fourth-order valence-corrected chi connectivity index (χ4v) is 6.13. The summed E-state index contributed by atoms with van der Waals surface area (Å²) in [5, 5.41) is 24.6. The van der Waals surface area contributed by atoms with Crippen LogP contribution in [0.5, 0.6) is 0 Å². The van der Waals surface area contributed by atoms with Gasteiger partial charge >= 0.3 is 35.8 Å². The van der Waals surface area contributed by atoms with Crippen LogP contribution in [0.15, 0.2) is 94.9 Å². The van der Waals surface area contributed by atoms with Crippen molar-refractivity contribution in [1.29, 1.82) is 0 Å². The molecule has 0 aromatic carbocycles. The third-order valence-corrected chi connectivity index (χ3v) is 8.79. The molecule has 54 heavy (non-hydrogen) atoms. The summed E-state index contributed by atoms with van der Waals surface area (Å²) in [6.07, 6.45) is 13.9. The molecular formula is C38H38O16-2. The van der Waals surface area contributed by atoms with Crippen LogP contribution in [0.2, 0.25) is 0 Å². The summed E-state index contributed by atoms with van der Waals surface area (Å²) in [5.74, 6) is -13.3. The summed E-state index contributed by atoms with van der Waals surface area (Å²) in [6.45, 7) is 6.69. The molecule has 0 amide bonds. The Labute approximate surface area is 309 Å². The van der Waals surface area contributed by atoms with E-state index >= 15 is 0 Å². The van der Waals surface area contributed by atoms with Gasteiger partial charge in [-0.1, -0.05) is 63.1 Å². The van der Waals surface area contributed by atoms with Gasteiger partial charge in [-0.05, 0) is 51.0 Å². The number of ether oxygens (including phenoxy) is 8. The lowest BCUT2D eigenvalue weighted by Gasteiger charge is -2.45. The highest BCUT2D eigenvalue weighted by Gasteiger charge is 2.56. The fourth-order valence-electron chi connectivity index (χ4n) is 6.13. The van der Waals surface area contributed by atoms with Crippen molar-refractivity contribution in [3.63, 3.8) is 0 Å². The number of carbonyl (C=O) groups is 6. The SMILES string of the molecule is CCCC1(C)OC(=O)C(C=CC=CC=C2C(=O)OC3(CCC4(CC3)OC(=O)C(=C/C=C/C=C/C3=C([O-])OC(C)(CCC)OC3=O)C(=O)O4)OC2=O)=C([O-])O1. The second-order valence-electron chi connectivity index (χ2n) is 13.2. The van der Waals surface area contributed by atoms with Crippen molar-refractivity contribution in [2.45, 2.75) is 102 Å². The van der Waals surface area contributed by atoms with E-state index in [1.165, 1.54) is 62.5 Å². The van der Waals surface area contributed by atoms with Gasteiger partial charge in [0.2, 0.25) is 0 Å². The second kappa shape index (κ2) is 15.5. The van der Waals surface area contributed by atoms with Crippen LogP contribution < -0.4 is 10.2 Å². The number of cyclic esters (lactones) is 2. The van der Waals surface area contributed by atoms with E-state index in [1.807, 2.05) is 13.8 Å². The minimum Gasteiger partial charge on any atom is -0.574 e. The molecule has 2 spiro atoms. The quantitative estimate of drug-likeness (QED) is 0.103. The van der Waals surface area contributed by atoms with Crippen LogP contribution in [0.25, 0.3) is 0 Å². The van der Waals surface area contributed by atoms with Crippen molar-refractivity contribution in [3.8, 4) is 0 Å². The molecule has 5 rings (SSSR count). The Morgan fingerprint density at radius 1 is 0.481 bits per heavy atom. The lowest BCUT2D eigenvalue weighted by molar-refractivity contribution is -0.397. The molecule has 4 aliphatic heterocycles. The normalized spacial score (nSPS) is 30.4. The molecule has 0 N–H and O–H groups in total. The first-order valence-electron chi connectivity index (χ1n) is 17.3. The molecule has 1 aliphatic carbocycles. The number of hydrogen-bond acceptors (Lipinski definition) is 16. The largest absolute Gasteiger partial charge is 0.574 e. The molecule has 4 heterocycles.